The van der Waals surface area contributed by atoms with E-state index >= 15 is 0 Å². The quantitative estimate of drug-likeness (QED) is 0.870. The van der Waals surface area contributed by atoms with Crippen molar-refractivity contribution in [2.24, 2.45) is 5.92 Å². The van der Waals surface area contributed by atoms with Gasteiger partial charge in [0.1, 0.15) is 0 Å². The zero-order chi connectivity index (χ0) is 14.1. The van der Waals surface area contributed by atoms with Crippen LogP contribution in [0, 0.1) is 5.92 Å². The molecular weight excluding hydrogens is 288 g/mol. The smallest absolute Gasteiger partial charge is 0.206 e. The van der Waals surface area contributed by atoms with E-state index in [2.05, 4.69) is 36.3 Å². The fraction of sp³-hybridized carbons (Fsp3) is 0.643. The summed E-state index contributed by atoms with van der Waals surface area (Å²) >= 11 is 3.45. The Bertz CT molecular complexity index is 584. The van der Waals surface area contributed by atoms with Gasteiger partial charge >= 0.3 is 0 Å². The van der Waals surface area contributed by atoms with Crippen LogP contribution in [0.2, 0.25) is 0 Å². The van der Waals surface area contributed by atoms with Gasteiger partial charge in [0.05, 0.1) is 15.6 Å². The number of anilines is 1. The maximum absolute atomic E-state index is 4.79. The van der Waals surface area contributed by atoms with Crippen molar-refractivity contribution in [2.75, 3.05) is 11.9 Å². The molecule has 20 heavy (non-hydrogen) atoms. The highest BCUT2D eigenvalue weighted by atomic mass is 32.1. The fourth-order valence-corrected chi connectivity index (χ4v) is 4.13. The molecule has 2 aromatic heterocycles. The number of hydrogen-bond acceptors (Lipinski definition) is 6. The molecule has 0 amide bonds. The molecule has 2 aromatic rings. The second-order valence-corrected chi connectivity index (χ2v) is 7.65. The van der Waals surface area contributed by atoms with E-state index in [1.54, 1.807) is 11.3 Å². The van der Waals surface area contributed by atoms with Gasteiger partial charge in [-0.25, -0.2) is 4.98 Å². The molecule has 4 nitrogen and oxygen atoms in total. The van der Waals surface area contributed by atoms with Crippen LogP contribution in [0.4, 0.5) is 5.13 Å². The van der Waals surface area contributed by atoms with E-state index in [9.17, 15) is 0 Å². The minimum Gasteiger partial charge on any atom is -0.360 e. The monoisotopic (exact) mass is 308 g/mol. The van der Waals surface area contributed by atoms with Crippen molar-refractivity contribution in [1.29, 1.82) is 0 Å². The zero-order valence-corrected chi connectivity index (χ0v) is 13.8. The Morgan fingerprint density at radius 1 is 1.25 bits per heavy atom. The van der Waals surface area contributed by atoms with Crippen LogP contribution >= 0.6 is 22.7 Å². The van der Waals surface area contributed by atoms with Gasteiger partial charge in [-0.05, 0) is 25.2 Å². The third kappa shape index (κ3) is 3.01. The molecule has 3 rings (SSSR count). The summed E-state index contributed by atoms with van der Waals surface area (Å²) in [6.07, 6.45) is 3.56. The summed E-state index contributed by atoms with van der Waals surface area (Å²) in [5, 5.41) is 15.2. The van der Waals surface area contributed by atoms with Crippen LogP contribution in [0.25, 0.3) is 9.88 Å². The summed E-state index contributed by atoms with van der Waals surface area (Å²) in [7, 11) is 0. The zero-order valence-electron chi connectivity index (χ0n) is 12.1. The lowest BCUT2D eigenvalue weighted by atomic mass is 10.2. The molecule has 6 heteroatoms. The Labute approximate surface area is 127 Å². The number of aromatic nitrogens is 3. The number of hydrogen-bond donors (Lipinski definition) is 1. The second-order valence-electron chi connectivity index (χ2n) is 5.64. The maximum Gasteiger partial charge on any atom is 0.206 e. The highest BCUT2D eigenvalue weighted by Gasteiger charge is 2.29. The van der Waals surface area contributed by atoms with Gasteiger partial charge in [-0.2, -0.15) is 0 Å². The Morgan fingerprint density at radius 3 is 2.70 bits per heavy atom. The number of aryl methyl sites for hydroxylation is 1. The van der Waals surface area contributed by atoms with E-state index in [-0.39, 0.29) is 0 Å². The molecule has 0 saturated heterocycles. The van der Waals surface area contributed by atoms with Gasteiger partial charge in [0.25, 0.3) is 0 Å². The minimum atomic E-state index is 0.610. The molecule has 0 bridgehead atoms. The fourth-order valence-electron chi connectivity index (χ4n) is 1.96. The largest absolute Gasteiger partial charge is 0.360 e. The average Bonchev–Trinajstić information content (AvgIpc) is 3.03. The van der Waals surface area contributed by atoms with Gasteiger partial charge in [-0.15, -0.1) is 21.5 Å². The van der Waals surface area contributed by atoms with E-state index in [4.69, 9.17) is 4.98 Å². The van der Waals surface area contributed by atoms with Crippen molar-refractivity contribution >= 4 is 27.8 Å². The van der Waals surface area contributed by atoms with E-state index in [0.29, 0.717) is 11.8 Å². The first-order valence-corrected chi connectivity index (χ1v) is 8.88. The van der Waals surface area contributed by atoms with E-state index in [1.165, 1.54) is 28.4 Å². The first-order valence-electron chi connectivity index (χ1n) is 7.24. The predicted molar refractivity (Wildman–Crippen MR) is 85.7 cm³/mol. The van der Waals surface area contributed by atoms with Crippen LogP contribution in [0.1, 0.15) is 50.2 Å². The Hall–Kier alpha value is -1.01. The third-order valence-corrected chi connectivity index (χ3v) is 5.55. The lowest BCUT2D eigenvalue weighted by Gasteiger charge is -2.03. The number of nitrogens with zero attached hydrogens (tertiary/aromatic N) is 3. The molecule has 0 aliphatic heterocycles. The van der Waals surface area contributed by atoms with Gasteiger partial charge in [0.15, 0.2) is 5.01 Å². The van der Waals surface area contributed by atoms with E-state index < -0.39 is 0 Å². The Balaban J connectivity index is 1.81. The number of thiazole rings is 1. The molecule has 0 aromatic carbocycles. The van der Waals surface area contributed by atoms with E-state index in [1.807, 2.05) is 11.3 Å². The molecule has 108 valence electrons. The van der Waals surface area contributed by atoms with Crippen LogP contribution in [0.5, 0.6) is 0 Å². The van der Waals surface area contributed by atoms with Gasteiger partial charge in [0.2, 0.25) is 5.13 Å². The molecule has 2 heterocycles. The Morgan fingerprint density at radius 2 is 2.05 bits per heavy atom. The van der Waals surface area contributed by atoms with Crippen LogP contribution in [0.15, 0.2) is 0 Å². The highest BCUT2D eigenvalue weighted by molar-refractivity contribution is 7.23. The molecule has 0 unspecified atom stereocenters. The van der Waals surface area contributed by atoms with Crippen molar-refractivity contribution < 1.29 is 0 Å². The molecule has 1 aliphatic rings. The van der Waals surface area contributed by atoms with E-state index in [0.717, 1.165) is 23.1 Å². The SMILES string of the molecule is CCc1nc(C2CC2)sc1-c1nnc(NCC(C)C)s1. The first kappa shape index (κ1) is 13.9. The normalized spacial score (nSPS) is 15.0. The van der Waals surface area contributed by atoms with Crippen molar-refractivity contribution in [3.05, 3.63) is 10.7 Å². The molecule has 0 atom stereocenters. The third-order valence-electron chi connectivity index (χ3n) is 3.26. The predicted octanol–water partition coefficient (Wildman–Crippen LogP) is 4.17. The molecular formula is C14H20N4S2. The van der Waals surface area contributed by atoms with Crippen LogP contribution in [-0.2, 0) is 6.42 Å². The summed E-state index contributed by atoms with van der Waals surface area (Å²) in [6.45, 7) is 7.48. The molecule has 1 aliphatic carbocycles. The molecule has 1 N–H and O–H groups in total. The molecule has 0 radical (unpaired) electrons. The average molecular weight is 308 g/mol. The molecule has 0 spiro atoms. The topological polar surface area (TPSA) is 50.7 Å². The summed E-state index contributed by atoms with van der Waals surface area (Å²) in [5.74, 6) is 1.32. The first-order chi connectivity index (χ1) is 9.67. The lowest BCUT2D eigenvalue weighted by molar-refractivity contribution is 0.687. The molecule has 1 fully saturated rings. The van der Waals surface area contributed by atoms with Gasteiger partial charge in [0, 0.05) is 12.5 Å². The lowest BCUT2D eigenvalue weighted by Crippen LogP contribution is -2.07. The number of rotatable bonds is 6. The minimum absolute atomic E-state index is 0.610. The van der Waals surface area contributed by atoms with Gasteiger partial charge in [-0.3, -0.25) is 0 Å². The van der Waals surface area contributed by atoms with Crippen molar-refractivity contribution in [1.82, 2.24) is 15.2 Å². The van der Waals surface area contributed by atoms with Crippen molar-refractivity contribution in [3.63, 3.8) is 0 Å². The Kier molecular flexibility index (Phi) is 4.03. The standard InChI is InChI=1S/C14H20N4S2/c1-4-10-11(19-12(16-10)9-5-6-9)13-17-18-14(20-13)15-7-8(2)3/h8-9H,4-7H2,1-3H3,(H,15,18). The molecule has 1 saturated carbocycles. The second kappa shape index (κ2) is 5.77. The van der Waals surface area contributed by atoms with Crippen LogP contribution < -0.4 is 5.32 Å². The number of nitrogens with one attached hydrogen (secondary N) is 1. The summed E-state index contributed by atoms with van der Waals surface area (Å²) < 4.78 is 0. The van der Waals surface area contributed by atoms with Crippen molar-refractivity contribution in [2.45, 2.75) is 46.0 Å². The van der Waals surface area contributed by atoms with Crippen LogP contribution in [0.3, 0.4) is 0 Å². The van der Waals surface area contributed by atoms with Gasteiger partial charge in [-0.1, -0.05) is 32.1 Å². The summed E-state index contributed by atoms with van der Waals surface area (Å²) in [5.41, 5.74) is 1.18. The van der Waals surface area contributed by atoms with Crippen LogP contribution in [-0.4, -0.2) is 21.7 Å². The van der Waals surface area contributed by atoms with Crippen molar-refractivity contribution in [3.8, 4) is 9.88 Å². The maximum atomic E-state index is 4.79. The summed E-state index contributed by atoms with van der Waals surface area (Å²) in [6, 6.07) is 0. The van der Waals surface area contributed by atoms with Gasteiger partial charge < -0.3 is 5.32 Å². The summed E-state index contributed by atoms with van der Waals surface area (Å²) in [4.78, 5) is 6.01. The highest BCUT2D eigenvalue weighted by Crippen LogP contribution is 2.45.